The molecule has 6 heteroatoms. The number of rotatable bonds is 5. The van der Waals surface area contributed by atoms with Gasteiger partial charge in [0.2, 0.25) is 0 Å². The number of hydrogen-bond acceptors (Lipinski definition) is 6. The Morgan fingerprint density at radius 2 is 1.52 bits per heavy atom. The molecule has 2 rings (SSSR count). The Balaban J connectivity index is 2.21. The maximum atomic E-state index is 12.2. The number of hydrogen-bond donors (Lipinski definition) is 0. The van der Waals surface area contributed by atoms with Gasteiger partial charge < -0.3 is 14.2 Å². The largest absolute Gasteiger partial charge is 0.493 e. The van der Waals surface area contributed by atoms with Crippen LogP contribution < -0.4 is 9.47 Å². The molecule has 0 aromatic heterocycles. The molecule has 2 aromatic rings. The topological polar surface area (TPSA) is 61.8 Å². The van der Waals surface area contributed by atoms with Gasteiger partial charge in [-0.15, -0.1) is 11.8 Å². The Kier molecular flexibility index (Phi) is 5.65. The van der Waals surface area contributed by atoms with E-state index >= 15 is 0 Å². The van der Waals surface area contributed by atoms with E-state index in [1.165, 1.54) is 32.4 Å². The van der Waals surface area contributed by atoms with Crippen LogP contribution in [0.2, 0.25) is 0 Å². The third-order valence-corrected chi connectivity index (χ3v) is 3.86. The van der Waals surface area contributed by atoms with E-state index in [0.717, 1.165) is 4.90 Å². The van der Waals surface area contributed by atoms with Gasteiger partial charge in [0, 0.05) is 4.90 Å². The number of methoxy groups -OCH3 is 2. The molecule has 0 atom stereocenters. The Morgan fingerprint density at radius 1 is 0.870 bits per heavy atom. The second-order valence-electron chi connectivity index (χ2n) is 4.48. The van der Waals surface area contributed by atoms with Crippen molar-refractivity contribution < 1.29 is 23.8 Å². The van der Waals surface area contributed by atoms with Gasteiger partial charge >= 0.3 is 11.9 Å². The van der Waals surface area contributed by atoms with Crippen molar-refractivity contribution in [3.63, 3.8) is 0 Å². The number of ether oxygens (including phenoxy) is 3. The Labute approximate surface area is 138 Å². The van der Waals surface area contributed by atoms with Gasteiger partial charge in [-0.3, -0.25) is 0 Å². The smallest absolute Gasteiger partial charge is 0.343 e. The van der Waals surface area contributed by atoms with Crippen LogP contribution >= 0.6 is 11.8 Å². The molecule has 0 saturated heterocycles. The fraction of sp³-hybridized carbons (Fsp3) is 0.176. The Hall–Kier alpha value is -2.47. The van der Waals surface area contributed by atoms with Crippen molar-refractivity contribution >= 4 is 23.7 Å². The maximum absolute atomic E-state index is 12.2. The Morgan fingerprint density at radius 3 is 2.09 bits per heavy atom. The minimum absolute atomic E-state index is 0.235. The summed E-state index contributed by atoms with van der Waals surface area (Å²) in [5.74, 6) is -0.475. The lowest BCUT2D eigenvalue weighted by atomic mass is 10.2. The molecule has 0 aliphatic heterocycles. The standard InChI is InChI=1S/C17H16O5S/c1-20-15-10-12(16(18)21-2)6-9-14(15)22-17(19)11-4-7-13(23-3)8-5-11/h4-10H,1-3H3. The molecular formula is C17H16O5S. The summed E-state index contributed by atoms with van der Waals surface area (Å²) in [6.07, 6.45) is 1.96. The van der Waals surface area contributed by atoms with E-state index in [1.807, 2.05) is 18.4 Å². The zero-order valence-corrected chi connectivity index (χ0v) is 13.8. The molecule has 0 aliphatic rings. The molecule has 0 N–H and O–H groups in total. The zero-order valence-electron chi connectivity index (χ0n) is 13.0. The summed E-state index contributed by atoms with van der Waals surface area (Å²) in [4.78, 5) is 24.7. The molecule has 0 fully saturated rings. The van der Waals surface area contributed by atoms with E-state index in [-0.39, 0.29) is 11.5 Å². The normalized spacial score (nSPS) is 10.0. The number of thioether (sulfide) groups is 1. The highest BCUT2D eigenvalue weighted by Gasteiger charge is 2.15. The van der Waals surface area contributed by atoms with E-state index in [2.05, 4.69) is 4.74 Å². The van der Waals surface area contributed by atoms with E-state index in [1.54, 1.807) is 23.9 Å². The summed E-state index contributed by atoms with van der Waals surface area (Å²) < 4.78 is 15.2. The lowest BCUT2D eigenvalue weighted by Crippen LogP contribution is -2.10. The fourth-order valence-electron chi connectivity index (χ4n) is 1.88. The fourth-order valence-corrected chi connectivity index (χ4v) is 2.29. The van der Waals surface area contributed by atoms with E-state index in [0.29, 0.717) is 11.1 Å². The average Bonchev–Trinajstić information content (AvgIpc) is 2.61. The Bertz CT molecular complexity index is 709. The average molecular weight is 332 g/mol. The van der Waals surface area contributed by atoms with Crippen LogP contribution in [0.15, 0.2) is 47.4 Å². The van der Waals surface area contributed by atoms with Gasteiger partial charge in [-0.2, -0.15) is 0 Å². The maximum Gasteiger partial charge on any atom is 0.343 e. The van der Waals surface area contributed by atoms with Crippen LogP contribution in [0.3, 0.4) is 0 Å². The molecule has 0 radical (unpaired) electrons. The summed E-state index contributed by atoms with van der Waals surface area (Å²) in [6.45, 7) is 0. The SMILES string of the molecule is COC(=O)c1ccc(OC(=O)c2ccc(SC)cc2)c(OC)c1. The van der Waals surface area contributed by atoms with Crippen molar-refractivity contribution in [3.05, 3.63) is 53.6 Å². The molecule has 0 spiro atoms. The molecular weight excluding hydrogens is 316 g/mol. The lowest BCUT2D eigenvalue weighted by molar-refractivity contribution is 0.0600. The molecule has 0 heterocycles. The first-order valence-corrected chi connectivity index (χ1v) is 7.94. The summed E-state index contributed by atoms with van der Waals surface area (Å²) in [5, 5.41) is 0. The molecule has 0 saturated carbocycles. The van der Waals surface area contributed by atoms with Crippen LogP contribution in [0, 0.1) is 0 Å². The van der Waals surface area contributed by atoms with Crippen LogP contribution in [0.4, 0.5) is 0 Å². The van der Waals surface area contributed by atoms with Crippen LogP contribution in [0.1, 0.15) is 20.7 Å². The van der Waals surface area contributed by atoms with E-state index in [4.69, 9.17) is 9.47 Å². The van der Waals surface area contributed by atoms with Crippen molar-refractivity contribution in [2.45, 2.75) is 4.90 Å². The lowest BCUT2D eigenvalue weighted by Gasteiger charge is -2.10. The van der Waals surface area contributed by atoms with Gasteiger partial charge in [-0.1, -0.05) is 0 Å². The number of carbonyl (C=O) groups excluding carboxylic acids is 2. The first-order chi connectivity index (χ1) is 11.1. The molecule has 5 nitrogen and oxygen atoms in total. The van der Waals surface area contributed by atoms with Gasteiger partial charge in [0.15, 0.2) is 11.5 Å². The summed E-state index contributed by atoms with van der Waals surface area (Å²) in [5.41, 5.74) is 0.746. The minimum Gasteiger partial charge on any atom is -0.493 e. The molecule has 0 amide bonds. The molecule has 120 valence electrons. The molecule has 0 unspecified atom stereocenters. The van der Waals surface area contributed by atoms with Gasteiger partial charge in [-0.25, -0.2) is 9.59 Å². The van der Waals surface area contributed by atoms with Crippen molar-refractivity contribution in [1.29, 1.82) is 0 Å². The predicted molar refractivity (Wildman–Crippen MR) is 87.5 cm³/mol. The van der Waals surface area contributed by atoms with Gasteiger partial charge in [0.25, 0.3) is 0 Å². The van der Waals surface area contributed by atoms with E-state index in [9.17, 15) is 9.59 Å². The molecule has 23 heavy (non-hydrogen) atoms. The highest BCUT2D eigenvalue weighted by Crippen LogP contribution is 2.29. The molecule has 0 bridgehead atoms. The monoisotopic (exact) mass is 332 g/mol. The van der Waals surface area contributed by atoms with Gasteiger partial charge in [-0.05, 0) is 48.7 Å². The third kappa shape index (κ3) is 4.04. The summed E-state index contributed by atoms with van der Waals surface area (Å²) in [7, 11) is 2.72. The third-order valence-electron chi connectivity index (χ3n) is 3.11. The van der Waals surface area contributed by atoms with Crippen LogP contribution in [-0.4, -0.2) is 32.4 Å². The van der Waals surface area contributed by atoms with Crippen LogP contribution in [0.25, 0.3) is 0 Å². The van der Waals surface area contributed by atoms with Crippen molar-refractivity contribution in [2.24, 2.45) is 0 Å². The minimum atomic E-state index is -0.498. The summed E-state index contributed by atoms with van der Waals surface area (Å²) >= 11 is 1.59. The second kappa shape index (κ2) is 7.69. The van der Waals surface area contributed by atoms with Gasteiger partial charge in [0.1, 0.15) is 0 Å². The molecule has 2 aromatic carbocycles. The second-order valence-corrected chi connectivity index (χ2v) is 5.35. The zero-order chi connectivity index (χ0) is 16.8. The van der Waals surface area contributed by atoms with Crippen molar-refractivity contribution in [3.8, 4) is 11.5 Å². The van der Waals surface area contributed by atoms with Crippen molar-refractivity contribution in [1.82, 2.24) is 0 Å². The van der Waals surface area contributed by atoms with Crippen molar-refractivity contribution in [2.75, 3.05) is 20.5 Å². The first-order valence-electron chi connectivity index (χ1n) is 6.71. The molecule has 0 aliphatic carbocycles. The number of esters is 2. The highest BCUT2D eigenvalue weighted by molar-refractivity contribution is 7.98. The summed E-state index contributed by atoms with van der Waals surface area (Å²) in [6, 6.07) is 11.6. The first kappa shape index (κ1) is 16.9. The highest BCUT2D eigenvalue weighted by atomic mass is 32.2. The number of carbonyl (C=O) groups is 2. The van der Waals surface area contributed by atoms with Crippen LogP contribution in [0.5, 0.6) is 11.5 Å². The van der Waals surface area contributed by atoms with Crippen LogP contribution in [-0.2, 0) is 4.74 Å². The predicted octanol–water partition coefficient (Wildman–Crippen LogP) is 3.42. The van der Waals surface area contributed by atoms with Gasteiger partial charge in [0.05, 0.1) is 25.3 Å². The quantitative estimate of drug-likeness (QED) is 0.475. The van der Waals surface area contributed by atoms with E-state index < -0.39 is 11.9 Å². The number of benzene rings is 2.